The third-order valence-electron chi connectivity index (χ3n) is 7.17. The van der Waals surface area contributed by atoms with Crippen molar-refractivity contribution in [1.82, 2.24) is 5.32 Å². The predicted octanol–water partition coefficient (Wildman–Crippen LogP) is 8.99. The van der Waals surface area contributed by atoms with Gasteiger partial charge >= 0.3 is 30.9 Å². The zero-order valence-electron chi connectivity index (χ0n) is 24.4. The molecular formula is C32H18F13NO4. The van der Waals surface area contributed by atoms with Crippen molar-refractivity contribution < 1.29 is 76.5 Å². The van der Waals surface area contributed by atoms with Crippen LogP contribution in [0.2, 0.25) is 0 Å². The fourth-order valence-electron chi connectivity index (χ4n) is 4.86. The Bertz CT molecular complexity index is 1910. The lowest BCUT2D eigenvalue weighted by Crippen LogP contribution is -2.49. The Morgan fingerprint density at radius 1 is 0.680 bits per heavy atom. The number of amides is 1. The predicted molar refractivity (Wildman–Crippen MR) is 146 cm³/mol. The number of aromatic carboxylic acids is 1. The number of rotatable bonds is 10. The third-order valence-corrected chi connectivity index (χ3v) is 7.17. The molecular weight excluding hydrogens is 709 g/mol. The van der Waals surface area contributed by atoms with Gasteiger partial charge in [-0.25, -0.2) is 18.0 Å². The highest BCUT2D eigenvalue weighted by Gasteiger charge is 2.46. The van der Waals surface area contributed by atoms with Gasteiger partial charge in [0, 0.05) is 18.1 Å². The number of carboxylic acids is 1. The minimum atomic E-state index is -5.45. The average Bonchev–Trinajstić information content (AvgIpc) is 2.99. The Labute approximate surface area is 271 Å². The monoisotopic (exact) mass is 727 g/mol. The molecule has 0 aromatic heterocycles. The summed E-state index contributed by atoms with van der Waals surface area (Å²) in [6, 6.07) is 6.73. The second kappa shape index (κ2) is 13.5. The second-order valence-electron chi connectivity index (χ2n) is 10.6. The number of carbonyl (C=O) groups is 2. The molecule has 0 heterocycles. The number of hydrogen-bond acceptors (Lipinski definition) is 3. The summed E-state index contributed by atoms with van der Waals surface area (Å²) in [5, 5.41) is 11.4. The summed E-state index contributed by atoms with van der Waals surface area (Å²) in [7, 11) is 0. The van der Waals surface area contributed by atoms with E-state index in [1.165, 1.54) is 0 Å². The lowest BCUT2D eigenvalue weighted by atomic mass is 9.76. The van der Waals surface area contributed by atoms with Crippen LogP contribution in [-0.4, -0.2) is 29.5 Å². The Morgan fingerprint density at radius 2 is 1.22 bits per heavy atom. The minimum Gasteiger partial charge on any atom is -0.478 e. The van der Waals surface area contributed by atoms with Crippen LogP contribution in [0.15, 0.2) is 78.9 Å². The minimum absolute atomic E-state index is 0.0200. The lowest BCUT2D eigenvalue weighted by Gasteiger charge is -2.37. The highest BCUT2D eigenvalue weighted by atomic mass is 19.4. The molecule has 50 heavy (non-hydrogen) atoms. The Kier molecular flexibility index (Phi) is 10.2. The number of alkyl halides is 10. The van der Waals surface area contributed by atoms with E-state index in [0.717, 1.165) is 24.3 Å². The fourth-order valence-corrected chi connectivity index (χ4v) is 4.86. The molecule has 0 fully saturated rings. The molecule has 0 aliphatic heterocycles. The first-order valence-electron chi connectivity index (χ1n) is 13.6. The molecule has 0 radical (unpaired) electrons. The maximum absolute atomic E-state index is 15.1. The van der Waals surface area contributed by atoms with Gasteiger partial charge in [0.1, 0.15) is 23.2 Å². The van der Waals surface area contributed by atoms with Crippen LogP contribution in [0.1, 0.15) is 48.5 Å². The van der Waals surface area contributed by atoms with Gasteiger partial charge in [-0.3, -0.25) is 4.79 Å². The van der Waals surface area contributed by atoms with Crippen LogP contribution in [0.25, 0.3) is 0 Å². The van der Waals surface area contributed by atoms with E-state index in [0.29, 0.717) is 24.3 Å². The molecule has 0 unspecified atom stereocenters. The summed E-state index contributed by atoms with van der Waals surface area (Å²) in [6.07, 6.45) is -21.5. The number of carbonyl (C=O) groups excluding carboxylic acids is 1. The lowest BCUT2D eigenvalue weighted by molar-refractivity contribution is -0.253. The van der Waals surface area contributed by atoms with Gasteiger partial charge in [0.2, 0.25) is 0 Å². The first kappa shape index (κ1) is 37.5. The maximum Gasteiger partial charge on any atom is 0.461 e. The normalized spacial score (nSPS) is 13.6. The first-order valence-corrected chi connectivity index (χ1v) is 13.6. The van der Waals surface area contributed by atoms with Gasteiger partial charge in [-0.1, -0.05) is 18.2 Å². The van der Waals surface area contributed by atoms with Crippen LogP contribution in [0.5, 0.6) is 5.75 Å². The van der Waals surface area contributed by atoms with E-state index in [9.17, 15) is 67.4 Å². The van der Waals surface area contributed by atoms with E-state index in [1.807, 2.05) is 0 Å². The molecule has 4 rings (SSSR count). The van der Waals surface area contributed by atoms with E-state index in [1.54, 1.807) is 0 Å². The maximum atomic E-state index is 15.1. The van der Waals surface area contributed by atoms with E-state index < -0.39 is 99.7 Å². The van der Waals surface area contributed by atoms with Gasteiger partial charge < -0.3 is 15.2 Å². The van der Waals surface area contributed by atoms with Crippen LogP contribution in [-0.2, 0) is 24.3 Å². The van der Waals surface area contributed by atoms with Gasteiger partial charge in [0.25, 0.3) is 5.91 Å². The molecule has 2 N–H and O–H groups in total. The molecule has 1 atom stereocenters. The molecule has 266 valence electrons. The molecule has 0 spiro atoms. The number of benzene rings is 4. The molecule has 5 nitrogen and oxygen atoms in total. The van der Waals surface area contributed by atoms with Crippen LogP contribution in [0.4, 0.5) is 57.1 Å². The second-order valence-corrected chi connectivity index (χ2v) is 10.6. The third kappa shape index (κ3) is 8.11. The standard InChI is InChI=1S/C32H18F13NO4/c33-20-10-19(11-21(13-20)50-32(44,45)28(36)37)29(14-15-1-3-16(4-2-15)27(48)49,18-6-8-25(35)23(12-18)31(41,42)43)46-26(47)17-5-7-24(34)22(9-17)30(38,39)40/h1-13,28H,14H2,(H,46,47)(H,48,49)/t29-/m1/s1. The summed E-state index contributed by atoms with van der Waals surface area (Å²) < 4.78 is 183. The largest absolute Gasteiger partial charge is 0.478 e. The highest BCUT2D eigenvalue weighted by molar-refractivity contribution is 5.95. The zero-order chi connectivity index (χ0) is 37.4. The van der Waals surface area contributed by atoms with E-state index >= 15 is 4.39 Å². The fraction of sp³-hybridized carbons (Fsp3) is 0.188. The molecule has 0 aliphatic rings. The van der Waals surface area contributed by atoms with Gasteiger partial charge in [-0.05, 0) is 71.3 Å². The van der Waals surface area contributed by atoms with Gasteiger partial charge in [0.05, 0.1) is 22.2 Å². The molecule has 0 aliphatic carbocycles. The van der Waals surface area contributed by atoms with Crippen LogP contribution in [0, 0.1) is 17.5 Å². The van der Waals surface area contributed by atoms with E-state index in [2.05, 4.69) is 10.1 Å². The van der Waals surface area contributed by atoms with Crippen molar-refractivity contribution in [2.75, 3.05) is 0 Å². The van der Waals surface area contributed by atoms with Gasteiger partial charge in [0.15, 0.2) is 0 Å². The number of nitrogens with one attached hydrogen (secondary N) is 1. The van der Waals surface area contributed by atoms with Crippen molar-refractivity contribution in [3.63, 3.8) is 0 Å². The number of carboxylic acid groups (broad SMARTS) is 1. The van der Waals surface area contributed by atoms with Gasteiger partial charge in [-0.15, -0.1) is 0 Å². The first-order chi connectivity index (χ1) is 23.0. The SMILES string of the molecule is O=C(O)c1ccc(C[C@](NC(=O)c2ccc(F)c(C(F)(F)F)c2)(c2cc(F)cc(OC(F)(F)C(F)F)c2)c2ccc(F)c(C(F)(F)F)c2)cc1. The van der Waals surface area contributed by atoms with Crippen molar-refractivity contribution in [3.8, 4) is 5.75 Å². The van der Waals surface area contributed by atoms with Crippen molar-refractivity contribution >= 4 is 11.9 Å². The highest BCUT2D eigenvalue weighted by Crippen LogP contribution is 2.41. The Morgan fingerprint density at radius 3 is 1.76 bits per heavy atom. The summed E-state index contributed by atoms with van der Waals surface area (Å²) in [4.78, 5) is 25.0. The molecule has 1 amide bonds. The topological polar surface area (TPSA) is 75.6 Å². The van der Waals surface area contributed by atoms with E-state index in [-0.39, 0.29) is 41.5 Å². The van der Waals surface area contributed by atoms with Crippen LogP contribution >= 0.6 is 0 Å². The summed E-state index contributed by atoms with van der Waals surface area (Å²) >= 11 is 0. The van der Waals surface area contributed by atoms with Crippen molar-refractivity contribution in [2.24, 2.45) is 0 Å². The zero-order valence-corrected chi connectivity index (χ0v) is 24.4. The molecule has 0 saturated heterocycles. The quantitative estimate of drug-likeness (QED) is 0.160. The van der Waals surface area contributed by atoms with Crippen LogP contribution < -0.4 is 10.1 Å². The molecule has 18 heteroatoms. The van der Waals surface area contributed by atoms with Crippen molar-refractivity contribution in [3.05, 3.63) is 135 Å². The van der Waals surface area contributed by atoms with Crippen LogP contribution in [0.3, 0.4) is 0 Å². The number of ether oxygens (including phenoxy) is 1. The van der Waals surface area contributed by atoms with Crippen molar-refractivity contribution in [1.29, 1.82) is 0 Å². The Hall–Kier alpha value is -5.29. The number of hydrogen-bond donors (Lipinski definition) is 2. The molecule has 0 saturated carbocycles. The van der Waals surface area contributed by atoms with Gasteiger partial charge in [-0.2, -0.15) is 43.9 Å². The smallest absolute Gasteiger partial charge is 0.461 e. The summed E-state index contributed by atoms with van der Waals surface area (Å²) in [6.45, 7) is 0. The molecule has 4 aromatic carbocycles. The summed E-state index contributed by atoms with van der Waals surface area (Å²) in [5.74, 6) is -9.72. The van der Waals surface area contributed by atoms with E-state index in [4.69, 9.17) is 0 Å². The summed E-state index contributed by atoms with van der Waals surface area (Å²) in [5.41, 5.74) is -9.85. The molecule has 0 bridgehead atoms. The average molecular weight is 727 g/mol. The molecule has 4 aromatic rings. The number of halogens is 13. The Balaban J connectivity index is 2.07. The van der Waals surface area contributed by atoms with Crippen molar-refractivity contribution in [2.45, 2.75) is 36.8 Å².